The van der Waals surface area contributed by atoms with Gasteiger partial charge in [0.1, 0.15) is 74.1 Å². The third-order valence-corrected chi connectivity index (χ3v) is 15.0. The third-order valence-electron chi connectivity index (χ3n) is 15.0. The molecule has 10 aromatic rings. The van der Waals surface area contributed by atoms with Crippen LogP contribution in [0.25, 0.3) is 77.2 Å². The number of hydrogen-bond acceptors (Lipinski definition) is 1. The van der Waals surface area contributed by atoms with Gasteiger partial charge < -0.3 is 4.42 Å². The molecule has 0 fully saturated rings. The maximum Gasteiger partial charge on any atom is 0.139 e. The second-order valence-electron chi connectivity index (χ2n) is 17.8. The predicted molar refractivity (Wildman–Crippen MR) is 290 cm³/mol. The predicted octanol–water partition coefficient (Wildman–Crippen LogP) is 0.171. The summed E-state index contributed by atoms with van der Waals surface area (Å²) in [5.74, 6) is 0.875. The van der Waals surface area contributed by atoms with Crippen LogP contribution in [0.15, 0.2) is 162 Å². The lowest BCUT2D eigenvalue weighted by atomic mass is 9.59. The van der Waals surface area contributed by atoms with Crippen LogP contribution in [0.1, 0.15) is 22.3 Å². The van der Waals surface area contributed by atoms with Crippen molar-refractivity contribution >= 4 is 139 Å². The molecule has 11 rings (SSSR count). The zero-order valence-corrected chi connectivity index (χ0v) is 36.9. The van der Waals surface area contributed by atoms with Gasteiger partial charge in [0.05, 0.1) is 5.41 Å². The Hall–Kier alpha value is -6.44. The Morgan fingerprint density at radius 3 is 1.34 bits per heavy atom. The zero-order valence-electron chi connectivity index (χ0n) is 36.9. The van der Waals surface area contributed by atoms with Crippen LogP contribution in [0.4, 0.5) is 0 Å². The van der Waals surface area contributed by atoms with Gasteiger partial charge in [-0.25, -0.2) is 0 Å². The number of hydrogen-bond donors (Lipinski definition) is 0. The summed E-state index contributed by atoms with van der Waals surface area (Å²) in [6, 6.07) is 58.1. The summed E-state index contributed by atoms with van der Waals surface area (Å²) in [4.78, 5) is 0. The Morgan fingerprint density at radius 1 is 0.339 bits per heavy atom. The van der Waals surface area contributed by atoms with Crippen molar-refractivity contribution < 1.29 is 4.42 Å². The third kappa shape index (κ3) is 5.33. The number of benzene rings is 9. The minimum Gasteiger partial charge on any atom is -0.456 e. The second-order valence-corrected chi connectivity index (χ2v) is 17.8. The van der Waals surface area contributed by atoms with Crippen molar-refractivity contribution in [2.45, 2.75) is 5.41 Å². The highest BCUT2D eigenvalue weighted by atomic mass is 16.3. The molecule has 9 aromatic carbocycles. The first-order valence-corrected chi connectivity index (χ1v) is 22.0. The molecule has 1 aromatic heterocycles. The van der Waals surface area contributed by atoms with Crippen LogP contribution < -0.4 is 43.7 Å². The first kappa shape index (κ1) is 38.5. The van der Waals surface area contributed by atoms with Crippen LogP contribution in [0.2, 0.25) is 0 Å². The molecule has 0 saturated heterocycles. The monoisotopic (exact) mass is 782 g/mol. The van der Waals surface area contributed by atoms with E-state index in [9.17, 15) is 0 Å². The van der Waals surface area contributed by atoms with Crippen molar-refractivity contribution in [3.63, 3.8) is 0 Å². The van der Waals surface area contributed by atoms with Crippen molar-refractivity contribution in [1.29, 1.82) is 0 Å². The van der Waals surface area contributed by atoms with Gasteiger partial charge in [0.15, 0.2) is 0 Å². The fourth-order valence-corrected chi connectivity index (χ4v) is 11.3. The topological polar surface area (TPSA) is 13.1 Å². The molecular formula is C53H42B8O. The van der Waals surface area contributed by atoms with E-state index in [0.717, 1.165) is 22.3 Å². The average molecular weight is 781 g/mol. The molecule has 9 heteroatoms. The molecule has 1 heterocycles. The Bertz CT molecular complexity index is 3370. The van der Waals surface area contributed by atoms with Gasteiger partial charge in [0, 0.05) is 10.9 Å². The highest BCUT2D eigenvalue weighted by Crippen LogP contribution is 2.56. The van der Waals surface area contributed by atoms with E-state index in [1.807, 2.05) is 0 Å². The minimum atomic E-state index is -0.432. The van der Waals surface area contributed by atoms with Gasteiger partial charge >= 0.3 is 0 Å². The summed E-state index contributed by atoms with van der Waals surface area (Å²) in [6.07, 6.45) is 0. The van der Waals surface area contributed by atoms with Crippen molar-refractivity contribution in [3.8, 4) is 44.7 Å². The Morgan fingerprint density at radius 2 is 0.790 bits per heavy atom. The van der Waals surface area contributed by atoms with Crippen molar-refractivity contribution in [2.75, 3.05) is 0 Å². The molecule has 0 N–H and O–H groups in total. The summed E-state index contributed by atoms with van der Waals surface area (Å²) < 4.78 is 6.82. The van der Waals surface area contributed by atoms with E-state index in [4.69, 9.17) is 4.42 Å². The van der Waals surface area contributed by atoms with Crippen LogP contribution >= 0.6 is 0 Å². The van der Waals surface area contributed by atoms with Gasteiger partial charge in [-0.1, -0.05) is 155 Å². The van der Waals surface area contributed by atoms with Gasteiger partial charge in [0.2, 0.25) is 0 Å². The number of furan rings is 1. The lowest BCUT2D eigenvalue weighted by molar-refractivity contribution is 0.631. The first-order valence-electron chi connectivity index (χ1n) is 22.0. The van der Waals surface area contributed by atoms with E-state index in [-0.39, 0.29) is 0 Å². The fourth-order valence-electron chi connectivity index (χ4n) is 11.3. The van der Waals surface area contributed by atoms with Gasteiger partial charge in [0.25, 0.3) is 0 Å². The lowest BCUT2D eigenvalue weighted by Crippen LogP contribution is -2.50. The summed E-state index contributed by atoms with van der Waals surface area (Å²) in [6.45, 7) is 0. The molecule has 0 bridgehead atoms. The average Bonchev–Trinajstić information content (AvgIpc) is 3.88. The SMILES string of the molecule is Bc1c(B)c(B)c2c(-c3ccc4oc(-c5ccc6c(c5)-c5ccccc5C6(c5ccccc5)c5ccccc5)cc4c3)c3c(B)c(B)c(B)c(B)c3c(-c3ccccc3)c2c1B. The largest absolute Gasteiger partial charge is 0.456 e. The van der Waals surface area contributed by atoms with E-state index < -0.39 is 5.41 Å². The van der Waals surface area contributed by atoms with E-state index in [0.29, 0.717) is 0 Å². The van der Waals surface area contributed by atoms with Crippen LogP contribution in [-0.2, 0) is 5.41 Å². The van der Waals surface area contributed by atoms with Crippen LogP contribution in [0.3, 0.4) is 0 Å². The lowest BCUT2D eigenvalue weighted by Gasteiger charge is -2.33. The highest BCUT2D eigenvalue weighted by molar-refractivity contribution is 6.71. The first-order chi connectivity index (χ1) is 30.1. The van der Waals surface area contributed by atoms with Gasteiger partial charge in [-0.3, -0.25) is 0 Å². The van der Waals surface area contributed by atoms with Crippen molar-refractivity contribution in [3.05, 3.63) is 180 Å². The summed E-state index contributed by atoms with van der Waals surface area (Å²) in [5.41, 5.74) is 25.2. The quantitative estimate of drug-likeness (QED) is 0.180. The fraction of sp³-hybridized carbons (Fsp3) is 0.0189. The summed E-state index contributed by atoms with van der Waals surface area (Å²) >= 11 is 0. The van der Waals surface area contributed by atoms with E-state index in [1.54, 1.807) is 0 Å². The molecule has 0 amide bonds. The Balaban J connectivity index is 1.15. The molecule has 284 valence electrons. The molecule has 0 radical (unpaired) electrons. The molecule has 0 spiro atoms. The smallest absolute Gasteiger partial charge is 0.139 e. The molecule has 1 aliphatic rings. The van der Waals surface area contributed by atoms with E-state index >= 15 is 0 Å². The normalized spacial score (nSPS) is 12.8. The van der Waals surface area contributed by atoms with Crippen molar-refractivity contribution in [2.24, 2.45) is 0 Å². The maximum absolute atomic E-state index is 6.82. The molecule has 0 atom stereocenters. The standard InChI is InChI=1S/C53H42B8O/c54-45-41-39(27-12-4-1-5-13-27)42-44(48(57)52(61)50(59)46(42)55)40(43(41)47(56)51(60)49(45)58)29-21-23-37-30(24-29)26-38(62-37)28-20-22-36-34(25-28)33-18-10-11-19-35(33)53(36,31-14-6-2-7-15-31)32-16-8-3-9-17-32/h1-26H,54-61H2. The number of rotatable bonds is 5. The minimum absolute atomic E-state index is 0.432. The molecule has 0 saturated carbocycles. The maximum atomic E-state index is 6.82. The second kappa shape index (κ2) is 14.3. The summed E-state index contributed by atoms with van der Waals surface area (Å²) in [5, 5.41) is 6.52. The molecule has 62 heavy (non-hydrogen) atoms. The molecule has 0 aliphatic heterocycles. The van der Waals surface area contributed by atoms with Gasteiger partial charge in [-0.05, 0) is 101 Å². The van der Waals surface area contributed by atoms with Gasteiger partial charge in [-0.15, -0.1) is 21.9 Å². The van der Waals surface area contributed by atoms with Crippen molar-refractivity contribution in [1.82, 2.24) is 0 Å². The van der Waals surface area contributed by atoms with Crippen LogP contribution in [0, 0.1) is 0 Å². The van der Waals surface area contributed by atoms with Gasteiger partial charge in [-0.2, -0.15) is 0 Å². The highest BCUT2D eigenvalue weighted by Gasteiger charge is 2.46. The van der Waals surface area contributed by atoms with Crippen LogP contribution in [-0.4, -0.2) is 62.8 Å². The molecule has 1 nitrogen and oxygen atoms in total. The molecular weight excluding hydrogens is 739 g/mol. The Kier molecular flexibility index (Phi) is 8.88. The van der Waals surface area contributed by atoms with E-state index in [1.165, 1.54) is 121 Å². The number of fused-ring (bicyclic) bond motifs is 6. The Labute approximate surface area is 371 Å². The molecule has 1 aliphatic carbocycles. The molecule has 0 unspecified atom stereocenters. The van der Waals surface area contributed by atoms with Crippen LogP contribution in [0.5, 0.6) is 0 Å². The van der Waals surface area contributed by atoms with E-state index in [2.05, 4.69) is 220 Å². The zero-order chi connectivity index (χ0) is 42.6. The summed E-state index contributed by atoms with van der Waals surface area (Å²) in [7, 11) is 18.5.